The molecule has 0 radical (unpaired) electrons. The van der Waals surface area contributed by atoms with Crippen molar-refractivity contribution in [2.75, 3.05) is 10.6 Å². The number of amides is 2. The van der Waals surface area contributed by atoms with E-state index >= 15 is 0 Å². The third-order valence-corrected chi connectivity index (χ3v) is 6.09. The molecule has 5 rings (SSSR count). The summed E-state index contributed by atoms with van der Waals surface area (Å²) < 4.78 is 12.1. The highest BCUT2D eigenvalue weighted by Gasteiger charge is 2.56. The van der Waals surface area contributed by atoms with Crippen LogP contribution >= 0.6 is 0 Å². The Morgan fingerprint density at radius 1 is 0.721 bits per heavy atom. The fourth-order valence-corrected chi connectivity index (χ4v) is 4.05. The second-order valence-electron chi connectivity index (χ2n) is 10.2. The van der Waals surface area contributed by atoms with Crippen LogP contribution in [0, 0.1) is 5.41 Å². The standard InChI is InChI=1S/C30H29N3O4.3C2H6/c1-29(2,3)37-23-13-14-24-25(19-23)31-18-15-26(24)36-22-11-9-21(10-12-22)33-28(35)30(16-17-30)27(34)32-20-7-5-4-6-8-20;3*1-2/h4-15,18-19H,16-17H2,1-3H3,(H,32,34)(H,33,35);3*1-2H3. The molecular weight excluding hydrogens is 538 g/mol. The zero-order valence-corrected chi connectivity index (χ0v) is 27.1. The molecule has 1 aromatic heterocycles. The highest BCUT2D eigenvalue weighted by molar-refractivity contribution is 6.16. The van der Waals surface area contributed by atoms with E-state index in [1.807, 2.05) is 105 Å². The summed E-state index contributed by atoms with van der Waals surface area (Å²) in [6.07, 6.45) is 2.75. The maximum absolute atomic E-state index is 12.9. The maximum atomic E-state index is 12.9. The molecule has 0 saturated heterocycles. The highest BCUT2D eigenvalue weighted by Crippen LogP contribution is 2.47. The molecule has 7 nitrogen and oxygen atoms in total. The normalized spacial score (nSPS) is 12.5. The van der Waals surface area contributed by atoms with Gasteiger partial charge in [0.15, 0.2) is 0 Å². The fraction of sp³-hybridized carbons (Fsp3) is 0.361. The number of anilines is 2. The van der Waals surface area contributed by atoms with Crippen molar-refractivity contribution in [2.24, 2.45) is 5.41 Å². The molecule has 1 aliphatic carbocycles. The van der Waals surface area contributed by atoms with E-state index in [0.29, 0.717) is 35.7 Å². The lowest BCUT2D eigenvalue weighted by atomic mass is 10.0. The van der Waals surface area contributed by atoms with Gasteiger partial charge >= 0.3 is 0 Å². The summed E-state index contributed by atoms with van der Waals surface area (Å²) in [5.74, 6) is 1.44. The van der Waals surface area contributed by atoms with Crippen LogP contribution in [0.5, 0.6) is 17.2 Å². The SMILES string of the molecule is CC.CC.CC.CC(C)(C)Oc1ccc2c(Oc3ccc(NC(=O)C4(C(=O)Nc5ccccc5)CC4)cc3)ccnc2c1. The molecule has 0 unspecified atom stereocenters. The quantitative estimate of drug-likeness (QED) is 0.211. The molecule has 43 heavy (non-hydrogen) atoms. The van der Waals surface area contributed by atoms with Gasteiger partial charge in [0.05, 0.1) is 5.52 Å². The Morgan fingerprint density at radius 2 is 1.26 bits per heavy atom. The lowest BCUT2D eigenvalue weighted by Gasteiger charge is -2.21. The Morgan fingerprint density at radius 3 is 1.79 bits per heavy atom. The third-order valence-electron chi connectivity index (χ3n) is 6.09. The average molecular weight is 586 g/mol. The first kappa shape index (κ1) is 34.8. The van der Waals surface area contributed by atoms with Gasteiger partial charge in [-0.2, -0.15) is 0 Å². The van der Waals surface area contributed by atoms with Gasteiger partial charge in [0, 0.05) is 29.0 Å². The number of carbonyl (C=O) groups excluding carboxylic acids is 2. The number of hydrogen-bond donors (Lipinski definition) is 2. The highest BCUT2D eigenvalue weighted by atomic mass is 16.5. The van der Waals surface area contributed by atoms with Crippen LogP contribution in [0.4, 0.5) is 11.4 Å². The minimum absolute atomic E-state index is 0.281. The first-order chi connectivity index (χ1) is 20.7. The van der Waals surface area contributed by atoms with Gasteiger partial charge in [-0.05, 0) is 88.2 Å². The van der Waals surface area contributed by atoms with Crippen molar-refractivity contribution in [1.82, 2.24) is 4.98 Å². The number of aromatic nitrogens is 1. The van der Waals surface area contributed by atoms with E-state index in [0.717, 1.165) is 16.7 Å². The fourth-order valence-electron chi connectivity index (χ4n) is 4.05. The number of carbonyl (C=O) groups is 2. The van der Waals surface area contributed by atoms with Crippen molar-refractivity contribution >= 4 is 34.1 Å². The van der Waals surface area contributed by atoms with Crippen LogP contribution in [0.1, 0.15) is 75.2 Å². The zero-order valence-electron chi connectivity index (χ0n) is 27.1. The van der Waals surface area contributed by atoms with E-state index in [9.17, 15) is 9.59 Å². The Balaban J connectivity index is 0.00000101. The molecule has 2 amide bonds. The predicted octanol–water partition coefficient (Wildman–Crippen LogP) is 9.64. The van der Waals surface area contributed by atoms with Crippen LogP contribution in [0.15, 0.2) is 85.1 Å². The molecule has 1 saturated carbocycles. The van der Waals surface area contributed by atoms with Gasteiger partial charge < -0.3 is 20.1 Å². The molecule has 0 aliphatic heterocycles. The molecule has 7 heteroatoms. The number of fused-ring (bicyclic) bond motifs is 1. The molecule has 2 N–H and O–H groups in total. The molecule has 1 fully saturated rings. The van der Waals surface area contributed by atoms with Crippen molar-refractivity contribution in [3.63, 3.8) is 0 Å². The topological polar surface area (TPSA) is 89.5 Å². The summed E-state index contributed by atoms with van der Waals surface area (Å²) in [5.41, 5.74) is 0.710. The van der Waals surface area contributed by atoms with Gasteiger partial charge in [-0.3, -0.25) is 14.6 Å². The Labute approximate surface area is 257 Å². The van der Waals surface area contributed by atoms with Crippen LogP contribution in [-0.4, -0.2) is 22.4 Å². The van der Waals surface area contributed by atoms with E-state index in [2.05, 4.69) is 15.6 Å². The van der Waals surface area contributed by atoms with Gasteiger partial charge in [-0.15, -0.1) is 0 Å². The maximum Gasteiger partial charge on any atom is 0.240 e. The molecule has 4 aromatic rings. The van der Waals surface area contributed by atoms with E-state index in [1.165, 1.54) is 0 Å². The van der Waals surface area contributed by atoms with Crippen LogP contribution < -0.4 is 20.1 Å². The van der Waals surface area contributed by atoms with Gasteiger partial charge in [-0.25, -0.2) is 0 Å². The molecule has 0 atom stereocenters. The van der Waals surface area contributed by atoms with Crippen LogP contribution in [0.25, 0.3) is 10.9 Å². The summed E-state index contributed by atoms with van der Waals surface area (Å²) in [5, 5.41) is 6.58. The summed E-state index contributed by atoms with van der Waals surface area (Å²) in [6, 6.07) is 23.8. The summed E-state index contributed by atoms with van der Waals surface area (Å²) >= 11 is 0. The lowest BCUT2D eigenvalue weighted by molar-refractivity contribution is -0.131. The van der Waals surface area contributed by atoms with Crippen molar-refractivity contribution in [2.45, 2.75) is 80.8 Å². The molecule has 0 spiro atoms. The van der Waals surface area contributed by atoms with E-state index in [1.54, 1.807) is 42.6 Å². The van der Waals surface area contributed by atoms with Gasteiger partial charge in [0.2, 0.25) is 11.8 Å². The van der Waals surface area contributed by atoms with Crippen LogP contribution in [-0.2, 0) is 9.59 Å². The monoisotopic (exact) mass is 585 g/mol. The number of nitrogens with zero attached hydrogens (tertiary/aromatic N) is 1. The van der Waals surface area contributed by atoms with Gasteiger partial charge in [-0.1, -0.05) is 59.7 Å². The zero-order chi connectivity index (χ0) is 32.0. The summed E-state index contributed by atoms with van der Waals surface area (Å²) in [4.78, 5) is 30.2. The number of para-hydroxylation sites is 1. The smallest absolute Gasteiger partial charge is 0.240 e. The van der Waals surface area contributed by atoms with Crippen LogP contribution in [0.3, 0.4) is 0 Å². The average Bonchev–Trinajstić information content (AvgIpc) is 3.84. The first-order valence-electron chi connectivity index (χ1n) is 15.3. The van der Waals surface area contributed by atoms with Gasteiger partial charge in [0.1, 0.15) is 28.3 Å². The van der Waals surface area contributed by atoms with Crippen LogP contribution in [0.2, 0.25) is 0 Å². The number of nitrogens with one attached hydrogen (secondary N) is 2. The molecule has 3 aromatic carbocycles. The predicted molar refractivity (Wildman–Crippen MR) is 178 cm³/mol. The van der Waals surface area contributed by atoms with Crippen molar-refractivity contribution in [3.05, 3.63) is 85.1 Å². The number of pyridine rings is 1. The lowest BCUT2D eigenvalue weighted by Crippen LogP contribution is -2.35. The second kappa shape index (κ2) is 16.3. The van der Waals surface area contributed by atoms with Crippen molar-refractivity contribution in [3.8, 4) is 17.2 Å². The Kier molecular flexibility index (Phi) is 13.2. The van der Waals surface area contributed by atoms with E-state index < -0.39 is 5.41 Å². The van der Waals surface area contributed by atoms with Gasteiger partial charge in [0.25, 0.3) is 0 Å². The minimum Gasteiger partial charge on any atom is -0.488 e. The summed E-state index contributed by atoms with van der Waals surface area (Å²) in [7, 11) is 0. The Bertz CT molecular complexity index is 1440. The van der Waals surface area contributed by atoms with Crippen molar-refractivity contribution in [1.29, 1.82) is 0 Å². The number of benzene rings is 3. The second-order valence-corrected chi connectivity index (χ2v) is 10.2. The van der Waals surface area contributed by atoms with Crippen molar-refractivity contribution < 1.29 is 19.1 Å². The molecule has 230 valence electrons. The third kappa shape index (κ3) is 9.57. The number of rotatable bonds is 7. The first-order valence-corrected chi connectivity index (χ1v) is 15.3. The van der Waals surface area contributed by atoms with E-state index in [-0.39, 0.29) is 17.4 Å². The largest absolute Gasteiger partial charge is 0.488 e. The molecule has 0 bridgehead atoms. The van der Waals surface area contributed by atoms with E-state index in [4.69, 9.17) is 9.47 Å². The molecule has 1 heterocycles. The molecular formula is C36H47N3O4. The number of ether oxygens (including phenoxy) is 2. The minimum atomic E-state index is -1.03. The Hall–Kier alpha value is -4.39. The molecule has 1 aliphatic rings. The summed E-state index contributed by atoms with van der Waals surface area (Å²) in [6.45, 7) is 18.0. The number of hydrogen-bond acceptors (Lipinski definition) is 5.